The summed E-state index contributed by atoms with van der Waals surface area (Å²) >= 11 is 0. The highest BCUT2D eigenvalue weighted by molar-refractivity contribution is 5.80. The van der Waals surface area contributed by atoms with Crippen molar-refractivity contribution in [3.05, 3.63) is 0 Å². The van der Waals surface area contributed by atoms with E-state index in [2.05, 4.69) is 6.92 Å². The number of carbonyl (C=O) groups excluding carboxylic acids is 2. The van der Waals surface area contributed by atoms with Gasteiger partial charge >= 0.3 is 5.97 Å². The van der Waals surface area contributed by atoms with Gasteiger partial charge in [-0.05, 0) is 13.3 Å². The Hall–Kier alpha value is -0.860. The molecule has 0 heterocycles. The predicted molar refractivity (Wildman–Crippen MR) is 110 cm³/mol. The molecule has 0 rings (SSSR count). The van der Waals surface area contributed by atoms with Crippen LogP contribution < -0.4 is 0 Å². The highest BCUT2D eigenvalue weighted by atomic mass is 16.5. The van der Waals surface area contributed by atoms with Gasteiger partial charge in [-0.2, -0.15) is 0 Å². The van der Waals surface area contributed by atoms with Gasteiger partial charge in [0.1, 0.15) is 5.78 Å². The van der Waals surface area contributed by atoms with E-state index in [1.54, 1.807) is 0 Å². The third kappa shape index (κ3) is 21.2. The number of carbonyl (C=O) groups is 2. The molecule has 154 valence electrons. The van der Waals surface area contributed by atoms with Gasteiger partial charge in [-0.15, -0.1) is 0 Å². The van der Waals surface area contributed by atoms with Crippen molar-refractivity contribution in [3.8, 4) is 0 Å². The number of Topliss-reactive ketones (excluding diaryl/α,β-unsaturated/α-hetero) is 1. The fourth-order valence-corrected chi connectivity index (χ4v) is 3.19. The monoisotopic (exact) mass is 368 g/mol. The first-order chi connectivity index (χ1) is 12.7. The summed E-state index contributed by atoms with van der Waals surface area (Å²) in [6, 6.07) is 0. The van der Waals surface area contributed by atoms with Crippen molar-refractivity contribution >= 4 is 11.8 Å². The molecular formula is C23H44O3. The van der Waals surface area contributed by atoms with Gasteiger partial charge in [0.05, 0.1) is 13.0 Å². The van der Waals surface area contributed by atoms with E-state index >= 15 is 0 Å². The second kappa shape index (κ2) is 20.5. The van der Waals surface area contributed by atoms with Gasteiger partial charge in [0.25, 0.3) is 0 Å². The molecule has 0 radical (unpaired) electrons. The maximum absolute atomic E-state index is 11.3. The van der Waals surface area contributed by atoms with Crippen molar-refractivity contribution in [1.82, 2.24) is 0 Å². The summed E-state index contributed by atoms with van der Waals surface area (Å²) in [5.74, 6) is -0.189. The van der Waals surface area contributed by atoms with Gasteiger partial charge in [-0.1, -0.05) is 103 Å². The summed E-state index contributed by atoms with van der Waals surface area (Å²) in [6.45, 7) is 4.29. The highest BCUT2D eigenvalue weighted by Crippen LogP contribution is 2.13. The van der Waals surface area contributed by atoms with Crippen LogP contribution >= 0.6 is 0 Å². The molecule has 26 heavy (non-hydrogen) atoms. The minimum atomic E-state index is -0.235. The first kappa shape index (κ1) is 25.1. The molecule has 0 unspecified atom stereocenters. The Kier molecular flexibility index (Phi) is 19.8. The third-order valence-electron chi connectivity index (χ3n) is 4.94. The Morgan fingerprint density at radius 1 is 0.577 bits per heavy atom. The van der Waals surface area contributed by atoms with Crippen LogP contribution in [0.4, 0.5) is 0 Å². The molecule has 0 bridgehead atoms. The number of ketones is 1. The third-order valence-corrected chi connectivity index (χ3v) is 4.94. The van der Waals surface area contributed by atoms with Crippen molar-refractivity contribution in [2.24, 2.45) is 0 Å². The number of hydrogen-bond acceptors (Lipinski definition) is 3. The smallest absolute Gasteiger partial charge is 0.306 e. The lowest BCUT2D eigenvalue weighted by Gasteiger charge is -2.05. The zero-order chi connectivity index (χ0) is 19.3. The van der Waals surface area contributed by atoms with E-state index in [1.807, 2.05) is 0 Å². The standard InChI is InChI=1S/C23H44O3/c1-3-4-5-6-7-8-9-10-11-12-13-14-15-16-17-18-21-26-23(25)20-19-22(2)24/h3-21H2,1-2H3. The van der Waals surface area contributed by atoms with E-state index in [0.29, 0.717) is 13.0 Å². The zero-order valence-corrected chi connectivity index (χ0v) is 17.7. The van der Waals surface area contributed by atoms with E-state index in [0.717, 1.165) is 12.8 Å². The van der Waals surface area contributed by atoms with Gasteiger partial charge in [0, 0.05) is 6.42 Å². The normalized spacial score (nSPS) is 10.8. The fourth-order valence-electron chi connectivity index (χ4n) is 3.19. The summed E-state index contributed by atoms with van der Waals surface area (Å²) in [6.07, 6.45) is 22.0. The second-order valence-electron chi connectivity index (χ2n) is 7.73. The van der Waals surface area contributed by atoms with E-state index < -0.39 is 0 Å². The lowest BCUT2D eigenvalue weighted by atomic mass is 10.0. The summed E-state index contributed by atoms with van der Waals surface area (Å²) in [5, 5.41) is 0. The van der Waals surface area contributed by atoms with Crippen LogP contribution in [-0.4, -0.2) is 18.4 Å². The molecule has 0 fully saturated rings. The SMILES string of the molecule is CCCCCCCCCCCCCCCCCCOC(=O)CCC(C)=O. The molecule has 0 spiro atoms. The molecule has 0 saturated heterocycles. The Balaban J connectivity index is 3.09. The lowest BCUT2D eigenvalue weighted by molar-refractivity contribution is -0.144. The van der Waals surface area contributed by atoms with Crippen LogP contribution in [0, 0.1) is 0 Å². The van der Waals surface area contributed by atoms with Crippen molar-refractivity contribution < 1.29 is 14.3 Å². The van der Waals surface area contributed by atoms with Crippen LogP contribution in [0.15, 0.2) is 0 Å². The van der Waals surface area contributed by atoms with Gasteiger partial charge in [-0.3, -0.25) is 4.79 Å². The minimum Gasteiger partial charge on any atom is -0.466 e. The summed E-state index contributed by atoms with van der Waals surface area (Å²) in [5.41, 5.74) is 0. The molecule has 0 aliphatic rings. The van der Waals surface area contributed by atoms with Crippen LogP contribution in [0.3, 0.4) is 0 Å². The average Bonchev–Trinajstić information content (AvgIpc) is 2.62. The van der Waals surface area contributed by atoms with Crippen LogP contribution in [0.25, 0.3) is 0 Å². The van der Waals surface area contributed by atoms with E-state index in [9.17, 15) is 9.59 Å². The zero-order valence-electron chi connectivity index (χ0n) is 17.7. The Morgan fingerprint density at radius 3 is 1.35 bits per heavy atom. The first-order valence-electron chi connectivity index (χ1n) is 11.3. The fraction of sp³-hybridized carbons (Fsp3) is 0.913. The summed E-state index contributed by atoms with van der Waals surface area (Å²) < 4.78 is 5.12. The van der Waals surface area contributed by atoms with Gasteiger partial charge in [-0.25, -0.2) is 0 Å². The quantitative estimate of drug-likeness (QED) is 0.169. The molecule has 0 aliphatic carbocycles. The van der Waals surface area contributed by atoms with E-state index in [4.69, 9.17) is 4.74 Å². The Bertz CT molecular complexity index is 325. The number of rotatable bonds is 20. The molecule has 0 N–H and O–H groups in total. The minimum absolute atomic E-state index is 0.0457. The first-order valence-corrected chi connectivity index (χ1v) is 11.3. The largest absolute Gasteiger partial charge is 0.466 e. The Morgan fingerprint density at radius 2 is 0.962 bits per heavy atom. The molecule has 0 aliphatic heterocycles. The van der Waals surface area contributed by atoms with Crippen molar-refractivity contribution in [3.63, 3.8) is 0 Å². The molecule has 3 heteroatoms. The topological polar surface area (TPSA) is 43.4 Å². The lowest BCUT2D eigenvalue weighted by Crippen LogP contribution is -2.07. The van der Waals surface area contributed by atoms with Crippen LogP contribution in [0.2, 0.25) is 0 Å². The van der Waals surface area contributed by atoms with Crippen LogP contribution in [0.1, 0.15) is 129 Å². The average molecular weight is 369 g/mol. The highest BCUT2D eigenvalue weighted by Gasteiger charge is 2.04. The van der Waals surface area contributed by atoms with Crippen molar-refractivity contribution in [1.29, 1.82) is 0 Å². The molecule has 3 nitrogen and oxygen atoms in total. The van der Waals surface area contributed by atoms with Crippen molar-refractivity contribution in [2.75, 3.05) is 6.61 Å². The molecule has 0 aromatic rings. The molecule has 0 aromatic heterocycles. The summed E-state index contributed by atoms with van der Waals surface area (Å²) in [4.78, 5) is 22.1. The van der Waals surface area contributed by atoms with Gasteiger partial charge in [0.15, 0.2) is 0 Å². The maximum Gasteiger partial charge on any atom is 0.306 e. The maximum atomic E-state index is 11.3. The van der Waals surface area contributed by atoms with E-state index in [-0.39, 0.29) is 18.2 Å². The number of unbranched alkanes of at least 4 members (excludes halogenated alkanes) is 15. The van der Waals surface area contributed by atoms with Crippen molar-refractivity contribution in [2.45, 2.75) is 129 Å². The van der Waals surface area contributed by atoms with Gasteiger partial charge < -0.3 is 9.53 Å². The second-order valence-corrected chi connectivity index (χ2v) is 7.73. The van der Waals surface area contributed by atoms with Crippen LogP contribution in [-0.2, 0) is 14.3 Å². The number of hydrogen-bond donors (Lipinski definition) is 0. The molecule has 0 atom stereocenters. The molecule has 0 aromatic carbocycles. The predicted octanol–water partition coefficient (Wildman–Crippen LogP) is 7.16. The van der Waals surface area contributed by atoms with E-state index in [1.165, 1.54) is 96.8 Å². The molecular weight excluding hydrogens is 324 g/mol. The summed E-state index contributed by atoms with van der Waals surface area (Å²) in [7, 11) is 0. The number of esters is 1. The van der Waals surface area contributed by atoms with Gasteiger partial charge in [0.2, 0.25) is 0 Å². The Labute approximate surface area is 162 Å². The molecule has 0 amide bonds. The van der Waals surface area contributed by atoms with Crippen LogP contribution in [0.5, 0.6) is 0 Å². The molecule has 0 saturated carbocycles. The number of ether oxygens (including phenoxy) is 1.